The first kappa shape index (κ1) is 11.0. The van der Waals surface area contributed by atoms with Gasteiger partial charge in [0, 0.05) is 12.0 Å². The van der Waals surface area contributed by atoms with Crippen molar-refractivity contribution in [3.05, 3.63) is 0 Å². The van der Waals surface area contributed by atoms with Gasteiger partial charge in [0.05, 0.1) is 11.0 Å². The van der Waals surface area contributed by atoms with E-state index in [4.69, 9.17) is 5.11 Å². The molecular formula is C9H18O3S. The van der Waals surface area contributed by atoms with E-state index in [1.807, 2.05) is 13.8 Å². The molecule has 1 unspecified atom stereocenters. The van der Waals surface area contributed by atoms with Gasteiger partial charge >= 0.3 is 0 Å². The molecule has 0 aromatic carbocycles. The van der Waals surface area contributed by atoms with Crippen LogP contribution in [0.25, 0.3) is 0 Å². The van der Waals surface area contributed by atoms with Crippen LogP contribution >= 0.6 is 0 Å². The second kappa shape index (κ2) is 3.58. The van der Waals surface area contributed by atoms with Gasteiger partial charge in [-0.3, -0.25) is 0 Å². The fraction of sp³-hybridized carbons (Fsp3) is 1.00. The quantitative estimate of drug-likeness (QED) is 0.732. The predicted molar refractivity (Wildman–Crippen MR) is 52.3 cm³/mol. The monoisotopic (exact) mass is 206 g/mol. The van der Waals surface area contributed by atoms with E-state index in [-0.39, 0.29) is 11.9 Å². The molecule has 0 saturated carbocycles. The third-order valence-corrected chi connectivity index (χ3v) is 5.46. The number of rotatable bonds is 2. The minimum absolute atomic E-state index is 0.0586. The molecule has 0 bridgehead atoms. The predicted octanol–water partition coefficient (Wildman–Crippen LogP) is 0.972. The van der Waals surface area contributed by atoms with Crippen LogP contribution < -0.4 is 0 Å². The molecule has 13 heavy (non-hydrogen) atoms. The zero-order valence-electron chi connectivity index (χ0n) is 8.28. The standard InChI is InChI=1S/C9H18O3S/c1-9(2,7-10)8-5-3-4-6-13(8,11)12/h8,10H,3-7H2,1-2H3. The molecule has 4 heteroatoms. The van der Waals surface area contributed by atoms with Crippen LogP contribution in [0.15, 0.2) is 0 Å². The van der Waals surface area contributed by atoms with Crippen molar-refractivity contribution in [2.24, 2.45) is 5.41 Å². The highest BCUT2D eigenvalue weighted by Crippen LogP contribution is 2.33. The Hall–Kier alpha value is -0.0900. The molecule has 0 radical (unpaired) electrons. The third-order valence-electron chi connectivity index (χ3n) is 2.86. The van der Waals surface area contributed by atoms with Crippen molar-refractivity contribution in [3.8, 4) is 0 Å². The van der Waals surface area contributed by atoms with Crippen molar-refractivity contribution in [2.75, 3.05) is 12.4 Å². The Kier molecular flexibility index (Phi) is 3.02. The first-order valence-corrected chi connectivity index (χ1v) is 6.44. The number of aliphatic hydroxyl groups is 1. The maximum Gasteiger partial charge on any atom is 0.153 e. The lowest BCUT2D eigenvalue weighted by Gasteiger charge is -2.34. The van der Waals surface area contributed by atoms with E-state index in [1.54, 1.807) is 0 Å². The normalized spacial score (nSPS) is 28.7. The Morgan fingerprint density at radius 3 is 2.46 bits per heavy atom. The van der Waals surface area contributed by atoms with Gasteiger partial charge in [0.2, 0.25) is 0 Å². The van der Waals surface area contributed by atoms with E-state index in [1.165, 1.54) is 0 Å². The van der Waals surface area contributed by atoms with Gasteiger partial charge in [-0.25, -0.2) is 8.42 Å². The summed E-state index contributed by atoms with van der Waals surface area (Å²) in [4.78, 5) is 0. The van der Waals surface area contributed by atoms with E-state index in [0.29, 0.717) is 12.2 Å². The smallest absolute Gasteiger partial charge is 0.153 e. The molecular weight excluding hydrogens is 188 g/mol. The summed E-state index contributed by atoms with van der Waals surface area (Å²) in [7, 11) is -2.95. The minimum Gasteiger partial charge on any atom is -0.396 e. The molecule has 0 spiro atoms. The lowest BCUT2D eigenvalue weighted by molar-refractivity contribution is 0.148. The van der Waals surface area contributed by atoms with Crippen LogP contribution in [0.5, 0.6) is 0 Å². The minimum atomic E-state index is -2.95. The molecule has 1 atom stereocenters. The molecule has 1 fully saturated rings. The molecule has 0 amide bonds. The highest BCUT2D eigenvalue weighted by molar-refractivity contribution is 7.92. The highest BCUT2D eigenvalue weighted by Gasteiger charge is 2.40. The average molecular weight is 206 g/mol. The van der Waals surface area contributed by atoms with Gasteiger partial charge in [0.15, 0.2) is 9.84 Å². The van der Waals surface area contributed by atoms with Gasteiger partial charge in [-0.05, 0) is 12.8 Å². The maximum atomic E-state index is 11.7. The molecule has 1 heterocycles. The highest BCUT2D eigenvalue weighted by atomic mass is 32.2. The Bertz CT molecular complexity index is 267. The Morgan fingerprint density at radius 2 is 2.00 bits per heavy atom. The van der Waals surface area contributed by atoms with Gasteiger partial charge in [-0.1, -0.05) is 20.3 Å². The second-order valence-corrected chi connectivity index (χ2v) is 6.80. The number of hydrogen-bond donors (Lipinski definition) is 1. The fourth-order valence-electron chi connectivity index (χ4n) is 1.93. The summed E-state index contributed by atoms with van der Waals surface area (Å²) in [5.41, 5.74) is -0.487. The SMILES string of the molecule is CC(C)(CO)C1CCCCS1(=O)=O. The topological polar surface area (TPSA) is 54.4 Å². The summed E-state index contributed by atoms with van der Waals surface area (Å²) in [5.74, 6) is 0.293. The lowest BCUT2D eigenvalue weighted by atomic mass is 9.87. The Morgan fingerprint density at radius 1 is 1.38 bits per heavy atom. The van der Waals surface area contributed by atoms with Crippen molar-refractivity contribution in [2.45, 2.75) is 38.4 Å². The molecule has 1 aliphatic heterocycles. The Labute approximate surface area is 80.1 Å². The van der Waals surface area contributed by atoms with Crippen LogP contribution in [0.4, 0.5) is 0 Å². The molecule has 3 nitrogen and oxygen atoms in total. The van der Waals surface area contributed by atoms with Gasteiger partial charge in [0.1, 0.15) is 0 Å². The van der Waals surface area contributed by atoms with Crippen molar-refractivity contribution in [1.82, 2.24) is 0 Å². The zero-order chi connectivity index (χ0) is 10.1. The molecule has 1 aliphatic rings. The van der Waals surface area contributed by atoms with E-state index in [9.17, 15) is 8.42 Å². The molecule has 1 saturated heterocycles. The molecule has 0 aliphatic carbocycles. The van der Waals surface area contributed by atoms with Crippen LogP contribution in [-0.4, -0.2) is 31.1 Å². The van der Waals surface area contributed by atoms with Gasteiger partial charge in [-0.2, -0.15) is 0 Å². The van der Waals surface area contributed by atoms with E-state index >= 15 is 0 Å². The average Bonchev–Trinajstić information content (AvgIpc) is 2.03. The van der Waals surface area contributed by atoms with Crippen LogP contribution in [0.1, 0.15) is 33.1 Å². The van der Waals surface area contributed by atoms with Crippen molar-refractivity contribution >= 4 is 9.84 Å². The molecule has 1 rings (SSSR count). The van der Waals surface area contributed by atoms with Crippen LogP contribution in [-0.2, 0) is 9.84 Å². The third kappa shape index (κ3) is 2.23. The van der Waals surface area contributed by atoms with E-state index in [2.05, 4.69) is 0 Å². The molecule has 78 valence electrons. The first-order chi connectivity index (χ1) is 5.90. The van der Waals surface area contributed by atoms with Gasteiger partial charge < -0.3 is 5.11 Å². The van der Waals surface area contributed by atoms with Crippen molar-refractivity contribution in [1.29, 1.82) is 0 Å². The largest absolute Gasteiger partial charge is 0.396 e. The summed E-state index contributed by atoms with van der Waals surface area (Å²) < 4.78 is 23.4. The number of aliphatic hydroxyl groups excluding tert-OH is 1. The number of sulfone groups is 1. The van der Waals surface area contributed by atoms with Crippen LogP contribution in [0, 0.1) is 5.41 Å². The van der Waals surface area contributed by atoms with Crippen LogP contribution in [0.2, 0.25) is 0 Å². The summed E-state index contributed by atoms with van der Waals surface area (Å²) in [6.45, 7) is 3.58. The van der Waals surface area contributed by atoms with Gasteiger partial charge in [-0.15, -0.1) is 0 Å². The number of hydrogen-bond acceptors (Lipinski definition) is 3. The first-order valence-electron chi connectivity index (χ1n) is 4.72. The van der Waals surface area contributed by atoms with E-state index < -0.39 is 15.3 Å². The fourth-order valence-corrected chi connectivity index (χ4v) is 4.40. The molecule has 1 N–H and O–H groups in total. The second-order valence-electron chi connectivity index (χ2n) is 4.50. The summed E-state index contributed by atoms with van der Waals surface area (Å²) in [5, 5.41) is 8.77. The van der Waals surface area contributed by atoms with Crippen molar-refractivity contribution < 1.29 is 13.5 Å². The van der Waals surface area contributed by atoms with Gasteiger partial charge in [0.25, 0.3) is 0 Å². The summed E-state index contributed by atoms with van der Waals surface area (Å²) in [6.07, 6.45) is 2.45. The Balaban J connectivity index is 2.89. The summed E-state index contributed by atoms with van der Waals surface area (Å²) >= 11 is 0. The molecule has 0 aromatic heterocycles. The van der Waals surface area contributed by atoms with E-state index in [0.717, 1.165) is 12.8 Å². The van der Waals surface area contributed by atoms with Crippen molar-refractivity contribution in [3.63, 3.8) is 0 Å². The molecule has 0 aromatic rings. The lowest BCUT2D eigenvalue weighted by Crippen LogP contribution is -2.42. The zero-order valence-corrected chi connectivity index (χ0v) is 9.10. The maximum absolute atomic E-state index is 11.7. The summed E-state index contributed by atoms with van der Waals surface area (Å²) in [6, 6.07) is 0. The van der Waals surface area contributed by atoms with Crippen LogP contribution in [0.3, 0.4) is 0 Å².